The van der Waals surface area contributed by atoms with E-state index in [9.17, 15) is 0 Å². The molecule has 0 bridgehead atoms. The van der Waals surface area contributed by atoms with E-state index in [1.54, 1.807) is 0 Å². The number of nitrogens with one attached hydrogen (secondary N) is 1. The van der Waals surface area contributed by atoms with Crippen LogP contribution in [0.5, 0.6) is 0 Å². The fraction of sp³-hybridized carbons (Fsp3) is 0.423. The summed E-state index contributed by atoms with van der Waals surface area (Å²) in [7, 11) is 4.30. The molecule has 3 heterocycles. The summed E-state index contributed by atoms with van der Waals surface area (Å²) < 4.78 is 2.51. The predicted octanol–water partition coefficient (Wildman–Crippen LogP) is 4.85. The van der Waals surface area contributed by atoms with Gasteiger partial charge in [-0.2, -0.15) is 5.10 Å². The van der Waals surface area contributed by atoms with Gasteiger partial charge in [0.05, 0.1) is 0 Å². The van der Waals surface area contributed by atoms with E-state index in [1.165, 1.54) is 52.4 Å². The number of hydrogen-bond acceptors (Lipinski definition) is 3. The third kappa shape index (κ3) is 4.25. The number of para-hydroxylation sites is 1. The van der Waals surface area contributed by atoms with Gasteiger partial charge in [-0.1, -0.05) is 24.3 Å². The van der Waals surface area contributed by atoms with Crippen LogP contribution in [-0.4, -0.2) is 58.3 Å². The molecular weight excluding hydrogens is 382 g/mol. The summed E-state index contributed by atoms with van der Waals surface area (Å²) in [4.78, 5) is 4.87. The third-order valence-electron chi connectivity index (χ3n) is 6.70. The minimum Gasteiger partial charge on any atom is -0.340 e. The monoisotopic (exact) mass is 415 g/mol. The largest absolute Gasteiger partial charge is 0.340 e. The van der Waals surface area contributed by atoms with Crippen molar-refractivity contribution in [2.45, 2.75) is 38.3 Å². The van der Waals surface area contributed by atoms with Crippen molar-refractivity contribution in [2.24, 2.45) is 0 Å². The summed E-state index contributed by atoms with van der Waals surface area (Å²) >= 11 is 0. The Kier molecular flexibility index (Phi) is 5.79. The van der Waals surface area contributed by atoms with Crippen molar-refractivity contribution in [1.82, 2.24) is 24.6 Å². The van der Waals surface area contributed by atoms with Crippen molar-refractivity contribution < 1.29 is 0 Å². The van der Waals surface area contributed by atoms with Gasteiger partial charge in [-0.3, -0.25) is 10.00 Å². The molecule has 5 nitrogen and oxygen atoms in total. The van der Waals surface area contributed by atoms with E-state index in [2.05, 4.69) is 87.2 Å². The Labute approximate surface area is 184 Å². The van der Waals surface area contributed by atoms with Crippen LogP contribution >= 0.6 is 0 Å². The molecule has 1 aliphatic rings. The van der Waals surface area contributed by atoms with Gasteiger partial charge in [0.15, 0.2) is 0 Å². The highest BCUT2D eigenvalue weighted by Gasteiger charge is 2.22. The first-order valence-electron chi connectivity index (χ1n) is 11.6. The van der Waals surface area contributed by atoms with E-state index in [0.717, 1.165) is 32.6 Å². The standard InChI is InChI=1S/C26H33N5/c1-29(2)14-6-16-31-25-9-4-3-8-22(25)23-17-20(10-11-26(23)31)18-30-15-5-7-21(19-30)24-12-13-27-28-24/h3-4,8-13,17,21H,5-7,14-16,18-19H2,1-2H3,(H,27,28). The highest BCUT2D eigenvalue weighted by Crippen LogP contribution is 2.31. The van der Waals surface area contributed by atoms with Crippen LogP contribution < -0.4 is 0 Å². The van der Waals surface area contributed by atoms with Crippen molar-refractivity contribution in [1.29, 1.82) is 0 Å². The molecule has 31 heavy (non-hydrogen) atoms. The zero-order valence-corrected chi connectivity index (χ0v) is 18.7. The van der Waals surface area contributed by atoms with Crippen LogP contribution in [0.15, 0.2) is 54.7 Å². The van der Waals surface area contributed by atoms with Gasteiger partial charge >= 0.3 is 0 Å². The summed E-state index contributed by atoms with van der Waals surface area (Å²) in [6, 6.07) is 18.1. The van der Waals surface area contributed by atoms with Crippen LogP contribution in [0.25, 0.3) is 21.8 Å². The molecule has 4 aromatic rings. The first-order chi connectivity index (χ1) is 15.2. The molecule has 0 saturated carbocycles. The molecule has 1 N–H and O–H groups in total. The fourth-order valence-electron chi connectivity index (χ4n) is 5.19. The zero-order valence-electron chi connectivity index (χ0n) is 18.7. The molecule has 5 heteroatoms. The Morgan fingerprint density at radius 3 is 2.77 bits per heavy atom. The highest BCUT2D eigenvalue weighted by molar-refractivity contribution is 6.08. The molecule has 1 unspecified atom stereocenters. The molecule has 1 saturated heterocycles. The smallest absolute Gasteiger partial charge is 0.0491 e. The number of aryl methyl sites for hydroxylation is 1. The lowest BCUT2D eigenvalue weighted by Crippen LogP contribution is -2.34. The molecule has 1 aliphatic heterocycles. The van der Waals surface area contributed by atoms with Crippen LogP contribution in [0, 0.1) is 0 Å². The molecule has 5 rings (SSSR count). The topological polar surface area (TPSA) is 40.1 Å². The average Bonchev–Trinajstić information content (AvgIpc) is 3.41. The second-order valence-electron chi connectivity index (χ2n) is 9.26. The number of H-pyrrole nitrogens is 1. The second-order valence-corrected chi connectivity index (χ2v) is 9.26. The molecule has 0 amide bonds. The van der Waals surface area contributed by atoms with Crippen molar-refractivity contribution in [2.75, 3.05) is 33.7 Å². The molecule has 0 radical (unpaired) electrons. The van der Waals surface area contributed by atoms with Crippen LogP contribution in [0.3, 0.4) is 0 Å². The predicted molar refractivity (Wildman–Crippen MR) is 128 cm³/mol. The van der Waals surface area contributed by atoms with Gasteiger partial charge in [0, 0.05) is 59.2 Å². The van der Waals surface area contributed by atoms with E-state index < -0.39 is 0 Å². The summed E-state index contributed by atoms with van der Waals surface area (Å²) in [6.07, 6.45) is 5.52. The number of benzene rings is 2. The molecule has 2 aromatic heterocycles. The fourth-order valence-corrected chi connectivity index (χ4v) is 5.19. The quantitative estimate of drug-likeness (QED) is 0.469. The van der Waals surface area contributed by atoms with Gasteiger partial charge in [0.2, 0.25) is 0 Å². The lowest BCUT2D eigenvalue weighted by Gasteiger charge is -2.32. The normalized spacial score (nSPS) is 17.8. The number of nitrogens with zero attached hydrogens (tertiary/aromatic N) is 4. The van der Waals surface area contributed by atoms with Crippen LogP contribution in [0.2, 0.25) is 0 Å². The maximum atomic E-state index is 4.15. The molecule has 1 fully saturated rings. The van der Waals surface area contributed by atoms with Gasteiger partial charge in [0.25, 0.3) is 0 Å². The van der Waals surface area contributed by atoms with Crippen LogP contribution in [0.4, 0.5) is 0 Å². The van der Waals surface area contributed by atoms with Crippen LogP contribution in [0.1, 0.15) is 36.4 Å². The molecule has 1 atom stereocenters. The molecule has 162 valence electrons. The van der Waals surface area contributed by atoms with Crippen molar-refractivity contribution in [3.05, 3.63) is 66.0 Å². The molecule has 2 aromatic carbocycles. The van der Waals surface area contributed by atoms with E-state index in [-0.39, 0.29) is 0 Å². The van der Waals surface area contributed by atoms with Crippen LogP contribution in [-0.2, 0) is 13.1 Å². The Morgan fingerprint density at radius 2 is 1.94 bits per heavy atom. The Hall–Kier alpha value is -2.63. The first-order valence-corrected chi connectivity index (χ1v) is 11.6. The van der Waals surface area contributed by atoms with Gasteiger partial charge in [-0.15, -0.1) is 0 Å². The number of aromatic nitrogens is 3. The maximum absolute atomic E-state index is 4.15. The minimum absolute atomic E-state index is 0.568. The van der Waals surface area contributed by atoms with Crippen molar-refractivity contribution in [3.63, 3.8) is 0 Å². The SMILES string of the molecule is CN(C)CCCn1c2ccccc2c2cc(CN3CCCC(c4ccn[nH]4)C3)ccc21. The van der Waals surface area contributed by atoms with Gasteiger partial charge in [-0.05, 0) is 76.3 Å². The summed E-state index contributed by atoms with van der Waals surface area (Å²) in [5.74, 6) is 0.568. The molecule has 0 aliphatic carbocycles. The zero-order chi connectivity index (χ0) is 21.2. The van der Waals surface area contributed by atoms with Gasteiger partial charge in [0.1, 0.15) is 0 Å². The molecule has 0 spiro atoms. The average molecular weight is 416 g/mol. The number of aromatic amines is 1. The summed E-state index contributed by atoms with van der Waals surface area (Å²) in [5, 5.41) is 10.1. The maximum Gasteiger partial charge on any atom is 0.0491 e. The van der Waals surface area contributed by atoms with Gasteiger partial charge in [-0.25, -0.2) is 0 Å². The Morgan fingerprint density at radius 1 is 1.06 bits per heavy atom. The number of likely N-dealkylation sites (tertiary alicyclic amines) is 1. The van der Waals surface area contributed by atoms with Crippen molar-refractivity contribution in [3.8, 4) is 0 Å². The van der Waals surface area contributed by atoms with E-state index in [1.807, 2.05) is 6.20 Å². The Balaban J connectivity index is 1.40. The Bertz CT molecular complexity index is 1140. The lowest BCUT2D eigenvalue weighted by atomic mass is 9.94. The highest BCUT2D eigenvalue weighted by atomic mass is 15.1. The summed E-state index contributed by atoms with van der Waals surface area (Å²) in [5.41, 5.74) is 5.40. The van der Waals surface area contributed by atoms with E-state index in [0.29, 0.717) is 5.92 Å². The number of fused-ring (bicyclic) bond motifs is 3. The number of hydrogen-bond donors (Lipinski definition) is 1. The van der Waals surface area contributed by atoms with Crippen molar-refractivity contribution >= 4 is 21.8 Å². The van der Waals surface area contributed by atoms with E-state index >= 15 is 0 Å². The lowest BCUT2D eigenvalue weighted by molar-refractivity contribution is 0.198. The summed E-state index contributed by atoms with van der Waals surface area (Å²) in [6.45, 7) is 5.46. The first kappa shape index (κ1) is 20.3. The van der Waals surface area contributed by atoms with E-state index in [4.69, 9.17) is 0 Å². The second kappa shape index (κ2) is 8.85. The van der Waals surface area contributed by atoms with Gasteiger partial charge < -0.3 is 9.47 Å². The minimum atomic E-state index is 0.568. The number of piperidine rings is 1. The third-order valence-corrected chi connectivity index (χ3v) is 6.70. The molecular formula is C26H33N5. The number of rotatable bonds is 7.